The van der Waals surface area contributed by atoms with Crippen LogP contribution in [0.2, 0.25) is 10.0 Å². The highest BCUT2D eigenvalue weighted by Crippen LogP contribution is 2.33. The lowest BCUT2D eigenvalue weighted by Crippen LogP contribution is -2.39. The van der Waals surface area contributed by atoms with Gasteiger partial charge in [0, 0.05) is 29.6 Å². The van der Waals surface area contributed by atoms with Crippen molar-refractivity contribution in [2.24, 2.45) is 0 Å². The summed E-state index contributed by atoms with van der Waals surface area (Å²) in [5.74, 6) is -0.710. The molecular weight excluding hydrogens is 313 g/mol. The maximum atomic E-state index is 10.8. The highest BCUT2D eigenvalue weighted by molar-refractivity contribution is 6.35. The molecule has 0 saturated carbocycles. The summed E-state index contributed by atoms with van der Waals surface area (Å²) in [6, 6.07) is 3.46. The maximum Gasteiger partial charge on any atom is 0.303 e. The number of carbonyl (C=O) groups is 1. The van der Waals surface area contributed by atoms with Crippen LogP contribution in [0, 0.1) is 0 Å². The molecule has 1 fully saturated rings. The van der Waals surface area contributed by atoms with Gasteiger partial charge in [0.2, 0.25) is 0 Å². The van der Waals surface area contributed by atoms with E-state index in [2.05, 4.69) is 4.90 Å². The third kappa shape index (κ3) is 4.50. The zero-order valence-corrected chi connectivity index (χ0v) is 13.2. The number of nitrogens with zero attached hydrogens (tertiary/aromatic N) is 1. The molecule has 0 radical (unpaired) electrons. The Morgan fingerprint density at radius 2 is 2.10 bits per heavy atom. The van der Waals surface area contributed by atoms with Crippen LogP contribution in [0.25, 0.3) is 0 Å². The fourth-order valence-corrected chi connectivity index (χ4v) is 3.38. The van der Waals surface area contributed by atoms with Gasteiger partial charge in [0.05, 0.1) is 5.02 Å². The third-order valence-corrected chi connectivity index (χ3v) is 4.43. The Labute approximate surface area is 134 Å². The van der Waals surface area contributed by atoms with Gasteiger partial charge in [0.15, 0.2) is 0 Å². The van der Waals surface area contributed by atoms with Crippen molar-refractivity contribution in [1.82, 2.24) is 4.90 Å². The minimum atomic E-state index is -0.769. The predicted molar refractivity (Wildman–Crippen MR) is 83.0 cm³/mol. The number of aliphatic carboxylic acids is 1. The largest absolute Gasteiger partial charge is 0.506 e. The van der Waals surface area contributed by atoms with Crippen molar-refractivity contribution in [2.75, 3.05) is 6.54 Å². The van der Waals surface area contributed by atoms with Gasteiger partial charge in [-0.3, -0.25) is 9.69 Å². The summed E-state index contributed by atoms with van der Waals surface area (Å²) in [6.07, 6.45) is 3.98. The van der Waals surface area contributed by atoms with E-state index in [1.54, 1.807) is 6.07 Å². The minimum Gasteiger partial charge on any atom is -0.506 e. The Kier molecular flexibility index (Phi) is 5.73. The molecule has 0 aromatic heterocycles. The van der Waals surface area contributed by atoms with Gasteiger partial charge in [-0.1, -0.05) is 29.6 Å². The van der Waals surface area contributed by atoms with Gasteiger partial charge in [-0.05, 0) is 37.9 Å². The lowest BCUT2D eigenvalue weighted by Gasteiger charge is -2.35. The van der Waals surface area contributed by atoms with Crippen molar-refractivity contribution in [3.63, 3.8) is 0 Å². The number of piperidine rings is 1. The average molecular weight is 332 g/mol. The number of aromatic hydroxyl groups is 1. The van der Waals surface area contributed by atoms with Crippen LogP contribution in [-0.2, 0) is 11.3 Å². The fourth-order valence-electron chi connectivity index (χ4n) is 2.84. The van der Waals surface area contributed by atoms with Crippen molar-refractivity contribution in [2.45, 2.75) is 44.7 Å². The second-order valence-corrected chi connectivity index (χ2v) is 6.29. The molecule has 1 unspecified atom stereocenters. The van der Waals surface area contributed by atoms with Crippen LogP contribution in [0.4, 0.5) is 0 Å². The average Bonchev–Trinajstić information content (AvgIpc) is 2.43. The van der Waals surface area contributed by atoms with Crippen LogP contribution < -0.4 is 0 Å². The first-order valence-corrected chi connectivity index (χ1v) is 7.85. The lowest BCUT2D eigenvalue weighted by atomic mass is 9.97. The second-order valence-electron chi connectivity index (χ2n) is 5.45. The number of hydrogen-bond acceptors (Lipinski definition) is 3. The molecule has 1 aliphatic heterocycles. The van der Waals surface area contributed by atoms with E-state index in [-0.39, 0.29) is 23.2 Å². The molecule has 0 spiro atoms. The zero-order valence-electron chi connectivity index (χ0n) is 11.7. The van der Waals surface area contributed by atoms with Gasteiger partial charge in [0.1, 0.15) is 5.75 Å². The molecule has 1 saturated heterocycles. The predicted octanol–water partition coefficient (Wildman–Crippen LogP) is 3.92. The Bertz CT molecular complexity index is 522. The van der Waals surface area contributed by atoms with Crippen molar-refractivity contribution in [1.29, 1.82) is 0 Å². The lowest BCUT2D eigenvalue weighted by molar-refractivity contribution is -0.137. The van der Waals surface area contributed by atoms with E-state index < -0.39 is 5.97 Å². The zero-order chi connectivity index (χ0) is 15.4. The Balaban J connectivity index is 2.10. The van der Waals surface area contributed by atoms with E-state index in [0.29, 0.717) is 23.6 Å². The second kappa shape index (κ2) is 7.34. The van der Waals surface area contributed by atoms with Crippen molar-refractivity contribution in [3.8, 4) is 5.75 Å². The molecule has 1 heterocycles. The molecule has 0 amide bonds. The van der Waals surface area contributed by atoms with E-state index in [9.17, 15) is 9.90 Å². The SMILES string of the molecule is O=C(O)CCC1CCCCN1Cc1cc(Cl)cc(Cl)c1O. The molecule has 116 valence electrons. The van der Waals surface area contributed by atoms with E-state index in [4.69, 9.17) is 28.3 Å². The molecule has 6 heteroatoms. The molecular formula is C15H19Cl2NO3. The minimum absolute atomic E-state index is 0.0589. The number of hydrogen-bond donors (Lipinski definition) is 2. The summed E-state index contributed by atoms with van der Waals surface area (Å²) < 4.78 is 0. The molecule has 1 aromatic rings. The summed E-state index contributed by atoms with van der Waals surface area (Å²) in [4.78, 5) is 13.0. The first kappa shape index (κ1) is 16.4. The van der Waals surface area contributed by atoms with Crippen molar-refractivity contribution >= 4 is 29.2 Å². The van der Waals surface area contributed by atoms with Crippen LogP contribution in [-0.4, -0.2) is 33.7 Å². The summed E-state index contributed by atoms with van der Waals surface area (Å²) >= 11 is 11.9. The molecule has 21 heavy (non-hydrogen) atoms. The summed E-state index contributed by atoms with van der Waals surface area (Å²) in [5.41, 5.74) is 0.690. The van der Waals surface area contributed by atoms with Crippen LogP contribution >= 0.6 is 23.2 Å². The highest BCUT2D eigenvalue weighted by atomic mass is 35.5. The van der Waals surface area contributed by atoms with E-state index in [1.165, 1.54) is 6.07 Å². The number of halogens is 2. The Hall–Kier alpha value is -0.970. The fraction of sp³-hybridized carbons (Fsp3) is 0.533. The maximum absolute atomic E-state index is 10.8. The third-order valence-electron chi connectivity index (χ3n) is 3.92. The van der Waals surface area contributed by atoms with Crippen molar-refractivity contribution < 1.29 is 15.0 Å². The number of likely N-dealkylation sites (tertiary alicyclic amines) is 1. The van der Waals surface area contributed by atoms with Crippen LogP contribution in [0.15, 0.2) is 12.1 Å². The van der Waals surface area contributed by atoms with Gasteiger partial charge >= 0.3 is 5.97 Å². The van der Waals surface area contributed by atoms with Gasteiger partial charge in [-0.2, -0.15) is 0 Å². The molecule has 2 rings (SSSR count). The molecule has 0 aliphatic carbocycles. The van der Waals surface area contributed by atoms with Crippen LogP contribution in [0.1, 0.15) is 37.7 Å². The number of benzene rings is 1. The van der Waals surface area contributed by atoms with E-state index >= 15 is 0 Å². The standard InChI is InChI=1S/C15H19Cl2NO3/c16-11-7-10(15(21)13(17)8-11)9-18-6-2-1-3-12(18)4-5-14(19)20/h7-8,12,21H,1-6,9H2,(H,19,20). The van der Waals surface area contributed by atoms with Crippen molar-refractivity contribution in [3.05, 3.63) is 27.7 Å². The molecule has 4 nitrogen and oxygen atoms in total. The first-order valence-electron chi connectivity index (χ1n) is 7.10. The summed E-state index contributed by atoms with van der Waals surface area (Å²) in [6.45, 7) is 1.43. The smallest absolute Gasteiger partial charge is 0.303 e. The number of phenols is 1. The monoisotopic (exact) mass is 331 g/mol. The number of carboxylic acids is 1. The Morgan fingerprint density at radius 3 is 2.81 bits per heavy atom. The molecule has 1 aromatic carbocycles. The molecule has 1 aliphatic rings. The normalized spacial score (nSPS) is 19.6. The van der Waals surface area contributed by atoms with Gasteiger partial charge < -0.3 is 10.2 Å². The summed E-state index contributed by atoms with van der Waals surface area (Å²) in [7, 11) is 0. The quantitative estimate of drug-likeness (QED) is 0.858. The molecule has 2 N–H and O–H groups in total. The van der Waals surface area contributed by atoms with Crippen LogP contribution in [0.5, 0.6) is 5.75 Å². The van der Waals surface area contributed by atoms with E-state index in [1.807, 2.05) is 0 Å². The topological polar surface area (TPSA) is 60.8 Å². The molecule has 0 bridgehead atoms. The first-order chi connectivity index (χ1) is 9.97. The Morgan fingerprint density at radius 1 is 1.33 bits per heavy atom. The van der Waals surface area contributed by atoms with E-state index in [0.717, 1.165) is 25.8 Å². The number of rotatable bonds is 5. The highest BCUT2D eigenvalue weighted by Gasteiger charge is 2.24. The number of carboxylic acid groups (broad SMARTS) is 1. The summed E-state index contributed by atoms with van der Waals surface area (Å²) in [5, 5.41) is 19.6. The van der Waals surface area contributed by atoms with Crippen LogP contribution in [0.3, 0.4) is 0 Å². The van der Waals surface area contributed by atoms with Gasteiger partial charge in [-0.25, -0.2) is 0 Å². The van der Waals surface area contributed by atoms with Gasteiger partial charge in [0.25, 0.3) is 0 Å². The molecule has 1 atom stereocenters. The number of phenolic OH excluding ortho intramolecular Hbond substituents is 1. The van der Waals surface area contributed by atoms with Gasteiger partial charge in [-0.15, -0.1) is 0 Å².